The molecule has 0 radical (unpaired) electrons. The summed E-state index contributed by atoms with van der Waals surface area (Å²) in [6.45, 7) is 1.97. The van der Waals surface area contributed by atoms with Crippen LogP contribution in [0.3, 0.4) is 0 Å². The van der Waals surface area contributed by atoms with E-state index in [9.17, 15) is 9.90 Å². The van der Waals surface area contributed by atoms with Crippen molar-refractivity contribution in [3.8, 4) is 0 Å². The van der Waals surface area contributed by atoms with Gasteiger partial charge < -0.3 is 16.2 Å². The van der Waals surface area contributed by atoms with Crippen LogP contribution in [0.4, 0.5) is 0 Å². The molecular formula is C15H22N2O2. The first-order valence-corrected chi connectivity index (χ1v) is 6.79. The van der Waals surface area contributed by atoms with Crippen LogP contribution in [-0.4, -0.2) is 23.2 Å². The predicted octanol–water partition coefficient (Wildman–Crippen LogP) is 1.28. The zero-order valence-electron chi connectivity index (χ0n) is 11.4. The first kappa shape index (κ1) is 14.0. The molecule has 1 aromatic carbocycles. The van der Waals surface area contributed by atoms with Gasteiger partial charge in [-0.2, -0.15) is 0 Å². The molecule has 0 heterocycles. The zero-order valence-corrected chi connectivity index (χ0v) is 11.4. The minimum Gasteiger partial charge on any atom is -0.388 e. The van der Waals surface area contributed by atoms with Crippen molar-refractivity contribution in [3.05, 3.63) is 35.9 Å². The predicted molar refractivity (Wildman–Crippen MR) is 74.4 cm³/mol. The van der Waals surface area contributed by atoms with Gasteiger partial charge in [0.05, 0.1) is 5.60 Å². The fourth-order valence-electron chi connectivity index (χ4n) is 2.55. The second kappa shape index (κ2) is 5.31. The van der Waals surface area contributed by atoms with Crippen LogP contribution in [0.15, 0.2) is 30.3 Å². The maximum Gasteiger partial charge on any atom is 0.244 e. The number of amides is 1. The van der Waals surface area contributed by atoms with E-state index in [2.05, 4.69) is 5.32 Å². The Hall–Kier alpha value is -1.39. The minimum atomic E-state index is -1.07. The maximum absolute atomic E-state index is 12.2. The van der Waals surface area contributed by atoms with Gasteiger partial charge in [0.2, 0.25) is 5.91 Å². The number of carbonyl (C=O) groups excluding carboxylic acids is 1. The van der Waals surface area contributed by atoms with E-state index < -0.39 is 11.1 Å². The highest BCUT2D eigenvalue weighted by atomic mass is 16.3. The fourth-order valence-corrected chi connectivity index (χ4v) is 2.55. The van der Waals surface area contributed by atoms with E-state index in [4.69, 9.17) is 5.73 Å². The van der Waals surface area contributed by atoms with E-state index in [1.807, 2.05) is 30.3 Å². The standard InChI is InChI=1S/C15H22N2O2/c1-14(16,12-7-3-2-4-8-12)13(18)17-11-15(19)9-5-6-10-15/h2-4,7-8,19H,5-6,9-11,16H2,1H3,(H,17,18). The van der Waals surface area contributed by atoms with Gasteiger partial charge >= 0.3 is 0 Å². The molecule has 1 unspecified atom stereocenters. The van der Waals surface area contributed by atoms with E-state index in [1.54, 1.807) is 6.92 Å². The summed E-state index contributed by atoms with van der Waals surface area (Å²) in [7, 11) is 0. The van der Waals surface area contributed by atoms with Crippen molar-refractivity contribution >= 4 is 5.91 Å². The molecule has 1 aliphatic rings. The number of carbonyl (C=O) groups is 1. The van der Waals surface area contributed by atoms with Crippen LogP contribution in [0, 0.1) is 0 Å². The Morgan fingerprint density at radius 1 is 1.37 bits per heavy atom. The third kappa shape index (κ3) is 3.14. The number of benzene rings is 1. The van der Waals surface area contributed by atoms with Crippen molar-refractivity contribution in [2.75, 3.05) is 6.54 Å². The first-order valence-electron chi connectivity index (χ1n) is 6.79. The summed E-state index contributed by atoms with van der Waals surface area (Å²) in [5.41, 5.74) is 5.06. The number of nitrogens with two attached hydrogens (primary N) is 1. The maximum atomic E-state index is 12.2. The summed E-state index contributed by atoms with van der Waals surface area (Å²) in [5, 5.41) is 13.0. The van der Waals surface area contributed by atoms with Crippen LogP contribution < -0.4 is 11.1 Å². The molecule has 1 atom stereocenters. The minimum absolute atomic E-state index is 0.251. The lowest BCUT2D eigenvalue weighted by molar-refractivity contribution is -0.127. The van der Waals surface area contributed by atoms with Crippen molar-refractivity contribution in [2.45, 2.75) is 43.7 Å². The van der Waals surface area contributed by atoms with Crippen molar-refractivity contribution < 1.29 is 9.90 Å². The lowest BCUT2D eigenvalue weighted by atomic mass is 9.92. The molecule has 0 spiro atoms. The molecular weight excluding hydrogens is 240 g/mol. The van der Waals surface area contributed by atoms with Crippen molar-refractivity contribution in [1.82, 2.24) is 5.32 Å². The quantitative estimate of drug-likeness (QED) is 0.765. The largest absolute Gasteiger partial charge is 0.388 e. The van der Waals surface area contributed by atoms with E-state index >= 15 is 0 Å². The second-order valence-corrected chi connectivity index (χ2v) is 5.68. The van der Waals surface area contributed by atoms with Gasteiger partial charge in [0.15, 0.2) is 0 Å². The highest BCUT2D eigenvalue weighted by Crippen LogP contribution is 2.29. The average molecular weight is 262 g/mol. The van der Waals surface area contributed by atoms with Gasteiger partial charge in [-0.1, -0.05) is 43.2 Å². The third-order valence-corrected chi connectivity index (χ3v) is 3.96. The number of aliphatic hydroxyl groups is 1. The van der Waals surface area contributed by atoms with Crippen LogP contribution in [0.25, 0.3) is 0 Å². The topological polar surface area (TPSA) is 75.4 Å². The molecule has 0 aliphatic heterocycles. The SMILES string of the molecule is CC(N)(C(=O)NCC1(O)CCCC1)c1ccccc1. The molecule has 0 aromatic heterocycles. The van der Waals surface area contributed by atoms with Gasteiger partial charge in [0.1, 0.15) is 5.54 Å². The van der Waals surface area contributed by atoms with Crippen LogP contribution in [0.5, 0.6) is 0 Å². The van der Waals surface area contributed by atoms with Crippen molar-refractivity contribution in [3.63, 3.8) is 0 Å². The van der Waals surface area contributed by atoms with Gasteiger partial charge in [-0.25, -0.2) is 0 Å². The summed E-state index contributed by atoms with van der Waals surface area (Å²) in [5.74, 6) is -0.251. The average Bonchev–Trinajstić information content (AvgIpc) is 2.84. The molecule has 4 N–H and O–H groups in total. The molecule has 1 aromatic rings. The summed E-state index contributed by atoms with van der Waals surface area (Å²) in [4.78, 5) is 12.2. The van der Waals surface area contributed by atoms with Gasteiger partial charge in [-0.05, 0) is 25.3 Å². The van der Waals surface area contributed by atoms with E-state index in [0.717, 1.165) is 31.2 Å². The van der Waals surface area contributed by atoms with Crippen LogP contribution >= 0.6 is 0 Å². The highest BCUT2D eigenvalue weighted by molar-refractivity contribution is 5.87. The van der Waals surface area contributed by atoms with Gasteiger partial charge in [-0.15, -0.1) is 0 Å². The second-order valence-electron chi connectivity index (χ2n) is 5.68. The van der Waals surface area contributed by atoms with Crippen LogP contribution in [0.2, 0.25) is 0 Å². The molecule has 4 nitrogen and oxygen atoms in total. The smallest absolute Gasteiger partial charge is 0.244 e. The van der Waals surface area contributed by atoms with E-state index in [1.165, 1.54) is 0 Å². The normalized spacial score (nSPS) is 20.8. The Morgan fingerprint density at radius 2 is 1.95 bits per heavy atom. The molecule has 104 valence electrons. The Bertz CT molecular complexity index is 437. The zero-order chi connectivity index (χ0) is 13.9. The third-order valence-electron chi connectivity index (χ3n) is 3.96. The lowest BCUT2D eigenvalue weighted by Crippen LogP contribution is -2.52. The molecule has 1 aliphatic carbocycles. The van der Waals surface area contributed by atoms with Gasteiger partial charge in [0.25, 0.3) is 0 Å². The Kier molecular flexibility index (Phi) is 3.92. The molecule has 1 fully saturated rings. The van der Waals surface area contributed by atoms with Crippen LogP contribution in [-0.2, 0) is 10.3 Å². The molecule has 1 amide bonds. The molecule has 1 saturated carbocycles. The summed E-state index contributed by atoms with van der Waals surface area (Å²) in [6, 6.07) is 9.28. The van der Waals surface area contributed by atoms with E-state index in [-0.39, 0.29) is 12.5 Å². The number of rotatable bonds is 4. The molecule has 19 heavy (non-hydrogen) atoms. The Morgan fingerprint density at radius 3 is 2.53 bits per heavy atom. The van der Waals surface area contributed by atoms with Gasteiger partial charge in [0, 0.05) is 6.54 Å². The summed E-state index contributed by atoms with van der Waals surface area (Å²) >= 11 is 0. The Balaban J connectivity index is 1.99. The number of hydrogen-bond acceptors (Lipinski definition) is 3. The van der Waals surface area contributed by atoms with Gasteiger partial charge in [-0.3, -0.25) is 4.79 Å². The number of nitrogens with one attached hydrogen (secondary N) is 1. The number of hydrogen-bond donors (Lipinski definition) is 3. The summed E-state index contributed by atoms with van der Waals surface area (Å²) < 4.78 is 0. The molecule has 0 bridgehead atoms. The van der Waals surface area contributed by atoms with Crippen molar-refractivity contribution in [1.29, 1.82) is 0 Å². The van der Waals surface area contributed by atoms with E-state index in [0.29, 0.717) is 0 Å². The highest BCUT2D eigenvalue weighted by Gasteiger charge is 2.35. The van der Waals surface area contributed by atoms with Crippen molar-refractivity contribution in [2.24, 2.45) is 5.73 Å². The molecule has 2 rings (SSSR count). The first-order chi connectivity index (χ1) is 8.94. The Labute approximate surface area is 114 Å². The fraction of sp³-hybridized carbons (Fsp3) is 0.533. The lowest BCUT2D eigenvalue weighted by Gasteiger charge is -2.28. The monoisotopic (exact) mass is 262 g/mol. The molecule has 4 heteroatoms. The summed E-state index contributed by atoms with van der Waals surface area (Å²) in [6.07, 6.45) is 3.54. The molecule has 0 saturated heterocycles. The van der Waals surface area contributed by atoms with Crippen LogP contribution in [0.1, 0.15) is 38.2 Å².